The third-order valence-corrected chi connectivity index (χ3v) is 2.74. The van der Waals surface area contributed by atoms with Crippen LogP contribution in [0.15, 0.2) is 48.5 Å². The van der Waals surface area contributed by atoms with Crippen LogP contribution < -0.4 is 4.74 Å². The zero-order chi connectivity index (χ0) is 11.4. The quantitative estimate of drug-likeness (QED) is 0.752. The maximum Gasteiger partial charge on any atom is 0.131 e. The summed E-state index contributed by atoms with van der Waals surface area (Å²) in [6.07, 6.45) is 0. The lowest BCUT2D eigenvalue weighted by Crippen LogP contribution is -1.89. The molecule has 0 N–H and O–H groups in total. The number of alkyl halides is 1. The standard InChI is InChI=1S/C13H10BrFO/c14-9-10-4-1-2-7-13(10)16-12-6-3-5-11(15)8-12/h1-8H,9H2. The fourth-order valence-electron chi connectivity index (χ4n) is 1.37. The molecule has 0 aliphatic heterocycles. The topological polar surface area (TPSA) is 9.23 Å². The number of rotatable bonds is 3. The van der Waals surface area contributed by atoms with Gasteiger partial charge in [0.1, 0.15) is 17.3 Å². The van der Waals surface area contributed by atoms with Gasteiger partial charge >= 0.3 is 0 Å². The normalized spacial score (nSPS) is 10.1. The van der Waals surface area contributed by atoms with Gasteiger partial charge < -0.3 is 4.74 Å². The molecule has 0 saturated carbocycles. The molecule has 3 heteroatoms. The van der Waals surface area contributed by atoms with Crippen molar-refractivity contribution in [2.75, 3.05) is 0 Å². The molecular weight excluding hydrogens is 271 g/mol. The van der Waals surface area contributed by atoms with E-state index in [1.54, 1.807) is 12.1 Å². The first-order valence-electron chi connectivity index (χ1n) is 4.87. The van der Waals surface area contributed by atoms with E-state index in [0.29, 0.717) is 11.1 Å². The Morgan fingerprint density at radius 3 is 2.62 bits per heavy atom. The van der Waals surface area contributed by atoms with E-state index in [2.05, 4.69) is 15.9 Å². The Labute approximate surface area is 102 Å². The Hall–Kier alpha value is -1.35. The minimum atomic E-state index is -0.297. The van der Waals surface area contributed by atoms with E-state index >= 15 is 0 Å². The lowest BCUT2D eigenvalue weighted by molar-refractivity contribution is 0.473. The molecule has 0 unspecified atom stereocenters. The van der Waals surface area contributed by atoms with Crippen LogP contribution in [-0.4, -0.2) is 0 Å². The van der Waals surface area contributed by atoms with Crippen LogP contribution >= 0.6 is 15.9 Å². The average molecular weight is 281 g/mol. The third kappa shape index (κ3) is 2.61. The summed E-state index contributed by atoms with van der Waals surface area (Å²) in [7, 11) is 0. The van der Waals surface area contributed by atoms with Crippen molar-refractivity contribution in [3.63, 3.8) is 0 Å². The van der Waals surface area contributed by atoms with Crippen LogP contribution in [0, 0.1) is 5.82 Å². The Kier molecular flexibility index (Phi) is 3.57. The van der Waals surface area contributed by atoms with Crippen molar-refractivity contribution in [1.82, 2.24) is 0 Å². The van der Waals surface area contributed by atoms with E-state index in [4.69, 9.17) is 4.74 Å². The van der Waals surface area contributed by atoms with Gasteiger partial charge in [0.15, 0.2) is 0 Å². The first-order chi connectivity index (χ1) is 7.79. The molecule has 0 radical (unpaired) electrons. The van der Waals surface area contributed by atoms with Crippen molar-refractivity contribution in [2.45, 2.75) is 5.33 Å². The van der Waals surface area contributed by atoms with Crippen molar-refractivity contribution in [1.29, 1.82) is 0 Å². The lowest BCUT2D eigenvalue weighted by Gasteiger charge is -2.09. The van der Waals surface area contributed by atoms with E-state index in [9.17, 15) is 4.39 Å². The first kappa shape index (κ1) is 11.1. The van der Waals surface area contributed by atoms with Crippen molar-refractivity contribution >= 4 is 15.9 Å². The van der Waals surface area contributed by atoms with Crippen LogP contribution in [-0.2, 0) is 5.33 Å². The summed E-state index contributed by atoms with van der Waals surface area (Å²) in [6, 6.07) is 13.8. The monoisotopic (exact) mass is 280 g/mol. The maximum atomic E-state index is 13.0. The summed E-state index contributed by atoms with van der Waals surface area (Å²) < 4.78 is 18.6. The van der Waals surface area contributed by atoms with E-state index in [1.807, 2.05) is 24.3 Å². The molecular formula is C13H10BrFO. The van der Waals surface area contributed by atoms with Crippen LogP contribution in [0.1, 0.15) is 5.56 Å². The second-order valence-electron chi connectivity index (χ2n) is 3.30. The van der Waals surface area contributed by atoms with Gasteiger partial charge in [-0.3, -0.25) is 0 Å². The van der Waals surface area contributed by atoms with Crippen LogP contribution in [0.5, 0.6) is 11.5 Å². The van der Waals surface area contributed by atoms with E-state index in [-0.39, 0.29) is 5.82 Å². The third-order valence-electron chi connectivity index (χ3n) is 2.14. The van der Waals surface area contributed by atoms with Gasteiger partial charge in [0.2, 0.25) is 0 Å². The molecule has 0 aliphatic carbocycles. The second-order valence-corrected chi connectivity index (χ2v) is 3.86. The molecule has 0 fully saturated rings. The number of para-hydroxylation sites is 1. The number of hydrogen-bond acceptors (Lipinski definition) is 1. The molecule has 0 spiro atoms. The Balaban J connectivity index is 2.26. The summed E-state index contributed by atoms with van der Waals surface area (Å²) >= 11 is 3.38. The first-order valence-corrected chi connectivity index (χ1v) is 5.99. The maximum absolute atomic E-state index is 13.0. The molecule has 2 aromatic rings. The van der Waals surface area contributed by atoms with Crippen molar-refractivity contribution in [3.05, 3.63) is 59.9 Å². The summed E-state index contributed by atoms with van der Waals surface area (Å²) in [5.41, 5.74) is 1.03. The Bertz CT molecular complexity index is 485. The minimum Gasteiger partial charge on any atom is -0.457 e. The Morgan fingerprint density at radius 1 is 1.06 bits per heavy atom. The van der Waals surface area contributed by atoms with E-state index in [1.165, 1.54) is 12.1 Å². The highest BCUT2D eigenvalue weighted by molar-refractivity contribution is 9.08. The van der Waals surface area contributed by atoms with E-state index in [0.717, 1.165) is 11.3 Å². The minimum absolute atomic E-state index is 0.297. The zero-order valence-corrected chi connectivity index (χ0v) is 10.1. The van der Waals surface area contributed by atoms with Gasteiger partial charge in [0.05, 0.1) is 0 Å². The van der Waals surface area contributed by atoms with Gasteiger partial charge in [0.25, 0.3) is 0 Å². The molecule has 1 nitrogen and oxygen atoms in total. The highest BCUT2D eigenvalue weighted by Crippen LogP contribution is 2.26. The van der Waals surface area contributed by atoms with Crippen molar-refractivity contribution < 1.29 is 9.13 Å². The predicted octanol–water partition coefficient (Wildman–Crippen LogP) is 4.51. The van der Waals surface area contributed by atoms with Gasteiger partial charge in [0, 0.05) is 17.0 Å². The molecule has 2 rings (SSSR count). The van der Waals surface area contributed by atoms with Gasteiger partial charge in [-0.15, -0.1) is 0 Å². The zero-order valence-electron chi connectivity index (χ0n) is 8.49. The van der Waals surface area contributed by atoms with Gasteiger partial charge in [-0.1, -0.05) is 40.2 Å². The average Bonchev–Trinajstić information content (AvgIpc) is 2.30. The molecule has 0 amide bonds. The van der Waals surface area contributed by atoms with Gasteiger partial charge in [-0.2, -0.15) is 0 Å². The molecule has 2 aromatic carbocycles. The number of benzene rings is 2. The summed E-state index contributed by atoms with van der Waals surface area (Å²) in [5.74, 6) is 0.951. The lowest BCUT2D eigenvalue weighted by atomic mass is 10.2. The Morgan fingerprint density at radius 2 is 1.88 bits per heavy atom. The molecule has 0 aliphatic rings. The van der Waals surface area contributed by atoms with Gasteiger partial charge in [-0.25, -0.2) is 4.39 Å². The fourth-order valence-corrected chi connectivity index (χ4v) is 1.83. The van der Waals surface area contributed by atoms with Crippen molar-refractivity contribution in [2.24, 2.45) is 0 Å². The van der Waals surface area contributed by atoms with Crippen molar-refractivity contribution in [3.8, 4) is 11.5 Å². The van der Waals surface area contributed by atoms with E-state index < -0.39 is 0 Å². The SMILES string of the molecule is Fc1cccc(Oc2ccccc2CBr)c1. The van der Waals surface area contributed by atoms with Crippen LogP contribution in [0.4, 0.5) is 4.39 Å². The molecule has 0 heterocycles. The van der Waals surface area contributed by atoms with Crippen LogP contribution in [0.2, 0.25) is 0 Å². The van der Waals surface area contributed by atoms with Crippen LogP contribution in [0.3, 0.4) is 0 Å². The molecule has 0 bridgehead atoms. The largest absolute Gasteiger partial charge is 0.457 e. The fraction of sp³-hybridized carbons (Fsp3) is 0.0769. The van der Waals surface area contributed by atoms with Crippen LogP contribution in [0.25, 0.3) is 0 Å². The number of hydrogen-bond donors (Lipinski definition) is 0. The second kappa shape index (κ2) is 5.12. The highest BCUT2D eigenvalue weighted by Gasteiger charge is 2.03. The summed E-state index contributed by atoms with van der Waals surface area (Å²) in [6.45, 7) is 0. The molecule has 16 heavy (non-hydrogen) atoms. The summed E-state index contributed by atoms with van der Waals surface area (Å²) in [5, 5.41) is 0.707. The molecule has 0 aromatic heterocycles. The number of ether oxygens (including phenoxy) is 1. The van der Waals surface area contributed by atoms with Gasteiger partial charge in [-0.05, 0) is 18.2 Å². The highest BCUT2D eigenvalue weighted by atomic mass is 79.9. The predicted molar refractivity (Wildman–Crippen MR) is 65.5 cm³/mol. The molecule has 0 atom stereocenters. The summed E-state index contributed by atoms with van der Waals surface area (Å²) in [4.78, 5) is 0. The number of halogens is 2. The smallest absolute Gasteiger partial charge is 0.131 e. The molecule has 0 saturated heterocycles. The molecule has 82 valence electrons.